The summed E-state index contributed by atoms with van der Waals surface area (Å²) >= 11 is 0. The molecule has 1 aliphatic heterocycles. The molecule has 0 unspecified atom stereocenters. The molecular weight excluding hydrogens is 371 g/mol. The Morgan fingerprint density at radius 3 is 1.55 bits per heavy atom. The lowest BCUT2D eigenvalue weighted by molar-refractivity contribution is 1.28. The predicted octanol–water partition coefficient (Wildman–Crippen LogP) is 7.83. The van der Waals surface area contributed by atoms with Crippen LogP contribution in [0, 0.1) is 41.5 Å². The van der Waals surface area contributed by atoms with E-state index in [1.807, 2.05) is 0 Å². The molecule has 0 spiro atoms. The zero-order valence-electron chi connectivity index (χ0n) is 18.9. The summed E-state index contributed by atoms with van der Waals surface area (Å²) in [7, 11) is 1.23. The SMILES string of the molecule is CC(=Nc1c(C)cc(C)cc1C)C1=CCC(C(C)=Nc2c(C)cc(C)cc2C)=P1. The van der Waals surface area contributed by atoms with Gasteiger partial charge in [-0.3, -0.25) is 9.98 Å². The van der Waals surface area contributed by atoms with E-state index >= 15 is 0 Å². The van der Waals surface area contributed by atoms with Crippen LogP contribution in [-0.2, 0) is 0 Å². The van der Waals surface area contributed by atoms with E-state index in [4.69, 9.17) is 9.98 Å². The second kappa shape index (κ2) is 8.59. The van der Waals surface area contributed by atoms with Crippen LogP contribution in [-0.4, -0.2) is 16.7 Å². The molecule has 1 aliphatic rings. The topological polar surface area (TPSA) is 24.7 Å². The summed E-state index contributed by atoms with van der Waals surface area (Å²) in [4.78, 5) is 9.98. The van der Waals surface area contributed by atoms with Crippen molar-refractivity contribution < 1.29 is 0 Å². The van der Waals surface area contributed by atoms with Crippen molar-refractivity contribution in [3.63, 3.8) is 0 Å². The smallest absolute Gasteiger partial charge is 0.0691 e. The second-order valence-electron chi connectivity index (χ2n) is 8.24. The summed E-state index contributed by atoms with van der Waals surface area (Å²) in [6.07, 6.45) is 3.26. The summed E-state index contributed by atoms with van der Waals surface area (Å²) in [5.41, 5.74) is 12.0. The summed E-state index contributed by atoms with van der Waals surface area (Å²) in [5.74, 6) is 0. The number of hydrogen-bond acceptors (Lipinski definition) is 2. The third-order valence-corrected chi connectivity index (χ3v) is 6.89. The first-order valence-corrected chi connectivity index (χ1v) is 11.1. The number of aryl methyl sites for hydroxylation is 6. The molecule has 0 radical (unpaired) electrons. The van der Waals surface area contributed by atoms with E-state index in [0.29, 0.717) is 0 Å². The maximum absolute atomic E-state index is 5.00. The molecular formula is C26H31N2P. The molecule has 1 heterocycles. The zero-order valence-corrected chi connectivity index (χ0v) is 19.8. The molecule has 0 saturated carbocycles. The summed E-state index contributed by atoms with van der Waals surface area (Å²) in [6.45, 7) is 17.1. The Bertz CT molecular complexity index is 1050. The van der Waals surface area contributed by atoms with Gasteiger partial charge in [0.05, 0.1) is 11.4 Å². The minimum absolute atomic E-state index is 0.953. The quantitative estimate of drug-likeness (QED) is 0.368. The van der Waals surface area contributed by atoms with E-state index in [9.17, 15) is 0 Å². The monoisotopic (exact) mass is 402 g/mol. The van der Waals surface area contributed by atoms with E-state index in [1.54, 1.807) is 0 Å². The molecule has 2 nitrogen and oxygen atoms in total. The van der Waals surface area contributed by atoms with Gasteiger partial charge in [-0.15, -0.1) is 0 Å². The molecule has 150 valence electrons. The van der Waals surface area contributed by atoms with Crippen molar-refractivity contribution in [3.8, 4) is 0 Å². The van der Waals surface area contributed by atoms with E-state index in [-0.39, 0.29) is 0 Å². The first-order valence-electron chi connectivity index (χ1n) is 10.2. The van der Waals surface area contributed by atoms with Gasteiger partial charge in [-0.05, 0) is 84.1 Å². The number of allylic oxidation sites excluding steroid dienone is 2. The van der Waals surface area contributed by atoms with Crippen molar-refractivity contribution in [2.45, 2.75) is 61.8 Å². The van der Waals surface area contributed by atoms with Crippen molar-refractivity contribution in [1.29, 1.82) is 0 Å². The van der Waals surface area contributed by atoms with Gasteiger partial charge < -0.3 is 0 Å². The average Bonchev–Trinajstić information content (AvgIpc) is 3.11. The van der Waals surface area contributed by atoms with Crippen molar-refractivity contribution >= 4 is 36.3 Å². The van der Waals surface area contributed by atoms with Crippen LogP contribution in [0.4, 0.5) is 11.4 Å². The van der Waals surface area contributed by atoms with Gasteiger partial charge in [-0.2, -0.15) is 0 Å². The Labute approximate surface area is 177 Å². The molecule has 0 saturated heterocycles. The molecule has 0 amide bonds. The molecule has 29 heavy (non-hydrogen) atoms. The van der Waals surface area contributed by atoms with Crippen molar-refractivity contribution in [2.75, 3.05) is 0 Å². The van der Waals surface area contributed by atoms with E-state index < -0.39 is 0 Å². The van der Waals surface area contributed by atoms with Gasteiger partial charge in [-0.1, -0.05) is 49.7 Å². The minimum Gasteiger partial charge on any atom is -0.253 e. The molecule has 0 atom stereocenters. The van der Waals surface area contributed by atoms with E-state index in [2.05, 4.69) is 85.7 Å². The highest BCUT2D eigenvalue weighted by Gasteiger charge is 2.14. The highest BCUT2D eigenvalue weighted by molar-refractivity contribution is 7.50. The number of aliphatic imine (C=N–C) groups is 2. The van der Waals surface area contributed by atoms with Crippen LogP contribution in [0.3, 0.4) is 0 Å². The summed E-state index contributed by atoms with van der Waals surface area (Å²) in [5, 5.41) is 2.66. The zero-order chi connectivity index (χ0) is 21.3. The molecule has 2 aromatic rings. The van der Waals surface area contributed by atoms with Crippen molar-refractivity contribution in [1.82, 2.24) is 0 Å². The standard InChI is InChI=1S/C26H31N2P/c1-15-11-17(3)25(18(4)12-15)27-21(7)23-9-10-24(29-23)22(8)28-26-19(5)13-16(2)14-20(26)6/h9,11-14H,10H2,1-8H3. The molecule has 0 aromatic heterocycles. The number of nitrogens with zero attached hydrogens (tertiary/aromatic N) is 2. The molecule has 0 N–H and O–H groups in total. The summed E-state index contributed by atoms with van der Waals surface area (Å²) in [6, 6.07) is 8.84. The Balaban J connectivity index is 1.88. The van der Waals surface area contributed by atoms with Gasteiger partial charge in [0.1, 0.15) is 0 Å². The molecule has 3 rings (SSSR count). The highest BCUT2D eigenvalue weighted by atomic mass is 31.1. The van der Waals surface area contributed by atoms with Gasteiger partial charge in [0.2, 0.25) is 0 Å². The van der Waals surface area contributed by atoms with E-state index in [1.165, 1.54) is 52.2 Å². The second-order valence-corrected chi connectivity index (χ2v) is 9.49. The van der Waals surface area contributed by atoms with Crippen LogP contribution in [0.1, 0.15) is 53.6 Å². The average molecular weight is 403 g/mol. The maximum Gasteiger partial charge on any atom is 0.0691 e. The van der Waals surface area contributed by atoms with Gasteiger partial charge in [0.15, 0.2) is 0 Å². The van der Waals surface area contributed by atoms with Gasteiger partial charge in [-0.25, -0.2) is 0 Å². The van der Waals surface area contributed by atoms with Gasteiger partial charge in [0, 0.05) is 22.0 Å². The fourth-order valence-electron chi connectivity index (χ4n) is 4.04. The Morgan fingerprint density at radius 1 is 0.690 bits per heavy atom. The lowest BCUT2D eigenvalue weighted by Gasteiger charge is -2.09. The third-order valence-electron chi connectivity index (χ3n) is 5.36. The highest BCUT2D eigenvalue weighted by Crippen LogP contribution is 2.32. The fraction of sp³-hybridized carbons (Fsp3) is 0.346. The third kappa shape index (κ3) is 4.82. The number of hydrogen-bond donors (Lipinski definition) is 0. The van der Waals surface area contributed by atoms with Crippen LogP contribution in [0.2, 0.25) is 0 Å². The van der Waals surface area contributed by atoms with Gasteiger partial charge in [0.25, 0.3) is 0 Å². The summed E-state index contributed by atoms with van der Waals surface area (Å²) < 4.78 is 0. The number of rotatable bonds is 4. The minimum atomic E-state index is 0.953. The maximum atomic E-state index is 5.00. The first kappa shape index (κ1) is 21.4. The fourth-order valence-corrected chi connectivity index (χ4v) is 5.12. The molecule has 3 heteroatoms. The Kier molecular flexibility index (Phi) is 6.34. The van der Waals surface area contributed by atoms with E-state index in [0.717, 1.165) is 29.2 Å². The predicted molar refractivity (Wildman–Crippen MR) is 131 cm³/mol. The van der Waals surface area contributed by atoms with Gasteiger partial charge >= 0.3 is 0 Å². The first-order chi connectivity index (χ1) is 13.7. The van der Waals surface area contributed by atoms with Crippen LogP contribution < -0.4 is 0 Å². The van der Waals surface area contributed by atoms with Crippen LogP contribution in [0.25, 0.3) is 0 Å². The van der Waals surface area contributed by atoms with Crippen LogP contribution in [0.15, 0.2) is 45.6 Å². The van der Waals surface area contributed by atoms with Crippen molar-refractivity contribution in [3.05, 3.63) is 69.0 Å². The normalized spacial score (nSPS) is 15.4. The lowest BCUT2D eigenvalue weighted by atomic mass is 10.1. The number of benzene rings is 2. The largest absolute Gasteiger partial charge is 0.253 e. The Morgan fingerprint density at radius 2 is 1.10 bits per heavy atom. The lowest BCUT2D eigenvalue weighted by Crippen LogP contribution is -2.05. The molecule has 0 bridgehead atoms. The molecule has 0 fully saturated rings. The Hall–Kier alpha value is -2.31. The van der Waals surface area contributed by atoms with Crippen molar-refractivity contribution in [2.24, 2.45) is 9.98 Å². The van der Waals surface area contributed by atoms with Crippen LogP contribution >= 0.6 is 8.20 Å². The molecule has 0 aliphatic carbocycles. The molecule has 2 aromatic carbocycles. The van der Waals surface area contributed by atoms with Crippen LogP contribution in [0.5, 0.6) is 0 Å².